The highest BCUT2D eigenvalue weighted by Crippen LogP contribution is 2.37. The van der Waals surface area contributed by atoms with Gasteiger partial charge in [-0.3, -0.25) is 9.59 Å². The summed E-state index contributed by atoms with van der Waals surface area (Å²) >= 11 is 0. The fraction of sp³-hybridized carbons (Fsp3) is 0.500. The van der Waals surface area contributed by atoms with Gasteiger partial charge < -0.3 is 10.6 Å². The zero-order valence-corrected chi connectivity index (χ0v) is 11.9. The molecule has 1 aromatic carbocycles. The van der Waals surface area contributed by atoms with Gasteiger partial charge in [0.05, 0.1) is 0 Å². The van der Waals surface area contributed by atoms with Gasteiger partial charge in [-0.25, -0.2) is 0 Å². The van der Waals surface area contributed by atoms with Gasteiger partial charge in [-0.2, -0.15) is 0 Å². The van der Waals surface area contributed by atoms with E-state index in [0.29, 0.717) is 25.4 Å². The summed E-state index contributed by atoms with van der Waals surface area (Å²) in [4.78, 5) is 23.2. The van der Waals surface area contributed by atoms with E-state index in [1.165, 1.54) is 5.56 Å². The van der Waals surface area contributed by atoms with Gasteiger partial charge in [-0.1, -0.05) is 37.3 Å². The van der Waals surface area contributed by atoms with Crippen LogP contribution in [-0.4, -0.2) is 24.9 Å². The van der Waals surface area contributed by atoms with E-state index in [1.54, 1.807) is 0 Å². The van der Waals surface area contributed by atoms with Gasteiger partial charge >= 0.3 is 0 Å². The summed E-state index contributed by atoms with van der Waals surface area (Å²) in [6, 6.07) is 10.1. The van der Waals surface area contributed by atoms with Crippen LogP contribution in [0, 0.1) is 11.8 Å². The molecule has 0 aromatic heterocycles. The van der Waals surface area contributed by atoms with Crippen LogP contribution in [0.4, 0.5) is 0 Å². The monoisotopic (exact) mass is 274 g/mol. The minimum absolute atomic E-state index is 0.00919. The first-order chi connectivity index (χ1) is 9.66. The lowest BCUT2D eigenvalue weighted by Gasteiger charge is -2.06. The van der Waals surface area contributed by atoms with Crippen molar-refractivity contribution in [3.8, 4) is 0 Å². The SMILES string of the molecule is C[C@@H]1C[C@@H]1C(=O)NCCC(=O)NCCc1ccccc1. The standard InChI is InChI=1S/C16H22N2O2/c1-12-11-14(12)16(20)18-10-8-15(19)17-9-7-13-5-3-2-4-6-13/h2-6,12,14H,7-11H2,1H3,(H,17,19)(H,18,20)/t12-,14+/m1/s1. The van der Waals surface area contributed by atoms with Crippen LogP contribution in [0.5, 0.6) is 0 Å². The fourth-order valence-electron chi connectivity index (χ4n) is 2.20. The summed E-state index contributed by atoms with van der Waals surface area (Å²) in [5.41, 5.74) is 1.21. The molecule has 108 valence electrons. The number of benzene rings is 1. The Bertz CT molecular complexity index is 459. The molecule has 0 radical (unpaired) electrons. The summed E-state index contributed by atoms with van der Waals surface area (Å²) in [5.74, 6) is 0.769. The number of hydrogen-bond acceptors (Lipinski definition) is 2. The van der Waals surface area contributed by atoms with Crippen molar-refractivity contribution < 1.29 is 9.59 Å². The van der Waals surface area contributed by atoms with Crippen molar-refractivity contribution in [1.82, 2.24) is 10.6 Å². The van der Waals surface area contributed by atoms with Crippen LogP contribution in [0.3, 0.4) is 0 Å². The van der Waals surface area contributed by atoms with E-state index in [-0.39, 0.29) is 17.7 Å². The first-order valence-corrected chi connectivity index (χ1v) is 7.25. The van der Waals surface area contributed by atoms with Crippen LogP contribution >= 0.6 is 0 Å². The molecule has 0 bridgehead atoms. The maximum Gasteiger partial charge on any atom is 0.223 e. The second kappa shape index (κ2) is 7.08. The van der Waals surface area contributed by atoms with Crippen molar-refractivity contribution in [2.75, 3.05) is 13.1 Å². The minimum Gasteiger partial charge on any atom is -0.356 e. The van der Waals surface area contributed by atoms with E-state index < -0.39 is 0 Å². The van der Waals surface area contributed by atoms with E-state index in [4.69, 9.17) is 0 Å². The van der Waals surface area contributed by atoms with Crippen LogP contribution in [0.25, 0.3) is 0 Å². The topological polar surface area (TPSA) is 58.2 Å². The molecule has 1 aliphatic carbocycles. The van der Waals surface area contributed by atoms with Gasteiger partial charge in [-0.05, 0) is 24.3 Å². The maximum atomic E-state index is 11.6. The van der Waals surface area contributed by atoms with Crippen LogP contribution in [-0.2, 0) is 16.0 Å². The third-order valence-corrected chi connectivity index (χ3v) is 3.68. The largest absolute Gasteiger partial charge is 0.356 e. The highest BCUT2D eigenvalue weighted by atomic mass is 16.2. The first kappa shape index (κ1) is 14.6. The predicted molar refractivity (Wildman–Crippen MR) is 78.1 cm³/mol. The molecule has 2 atom stereocenters. The molecular weight excluding hydrogens is 252 g/mol. The molecule has 2 N–H and O–H groups in total. The van der Waals surface area contributed by atoms with Crippen LogP contribution in [0.1, 0.15) is 25.3 Å². The smallest absolute Gasteiger partial charge is 0.223 e. The van der Waals surface area contributed by atoms with Crippen LogP contribution in [0.2, 0.25) is 0 Å². The molecule has 1 aliphatic rings. The first-order valence-electron chi connectivity index (χ1n) is 7.25. The minimum atomic E-state index is -0.00919. The average Bonchev–Trinajstić information content (AvgIpc) is 3.17. The quantitative estimate of drug-likeness (QED) is 0.792. The van der Waals surface area contributed by atoms with Crippen molar-refractivity contribution in [3.05, 3.63) is 35.9 Å². The number of nitrogens with one attached hydrogen (secondary N) is 2. The second-order valence-corrected chi connectivity index (χ2v) is 5.45. The zero-order valence-electron chi connectivity index (χ0n) is 11.9. The van der Waals surface area contributed by atoms with Gasteiger partial charge in [0.25, 0.3) is 0 Å². The van der Waals surface area contributed by atoms with Crippen LogP contribution in [0.15, 0.2) is 30.3 Å². The lowest BCUT2D eigenvalue weighted by atomic mass is 10.1. The molecule has 0 spiro atoms. The van der Waals surface area contributed by atoms with Crippen molar-refractivity contribution in [1.29, 1.82) is 0 Å². The normalized spacial score (nSPS) is 20.2. The van der Waals surface area contributed by atoms with Gasteiger partial charge in [0.1, 0.15) is 0 Å². The van der Waals surface area contributed by atoms with E-state index in [2.05, 4.69) is 17.6 Å². The van der Waals surface area contributed by atoms with E-state index >= 15 is 0 Å². The third kappa shape index (κ3) is 4.68. The Balaban J connectivity index is 1.53. The molecular formula is C16H22N2O2. The highest BCUT2D eigenvalue weighted by Gasteiger charge is 2.38. The number of carbonyl (C=O) groups is 2. The van der Waals surface area contributed by atoms with Gasteiger partial charge in [-0.15, -0.1) is 0 Å². The summed E-state index contributed by atoms with van der Waals surface area (Å²) in [5, 5.41) is 5.68. The predicted octanol–water partition coefficient (Wildman–Crippen LogP) is 1.51. The number of carbonyl (C=O) groups excluding carboxylic acids is 2. The molecule has 0 aliphatic heterocycles. The van der Waals surface area contributed by atoms with Crippen LogP contribution < -0.4 is 10.6 Å². The lowest BCUT2D eigenvalue weighted by Crippen LogP contribution is -2.32. The molecule has 0 unspecified atom stereocenters. The zero-order chi connectivity index (χ0) is 14.4. The van der Waals surface area contributed by atoms with Crippen molar-refractivity contribution in [3.63, 3.8) is 0 Å². The number of hydrogen-bond donors (Lipinski definition) is 2. The molecule has 1 saturated carbocycles. The molecule has 2 rings (SSSR count). The lowest BCUT2D eigenvalue weighted by molar-refractivity contribution is -0.123. The molecule has 20 heavy (non-hydrogen) atoms. The van der Waals surface area contributed by atoms with Crippen molar-refractivity contribution >= 4 is 11.8 Å². The molecule has 0 saturated heterocycles. The van der Waals surface area contributed by atoms with E-state index in [0.717, 1.165) is 12.8 Å². The van der Waals surface area contributed by atoms with Gasteiger partial charge in [0.2, 0.25) is 11.8 Å². The Morgan fingerprint density at radius 3 is 2.50 bits per heavy atom. The fourth-order valence-corrected chi connectivity index (χ4v) is 2.20. The Hall–Kier alpha value is -1.84. The highest BCUT2D eigenvalue weighted by molar-refractivity contribution is 5.82. The van der Waals surface area contributed by atoms with Crippen molar-refractivity contribution in [2.45, 2.75) is 26.2 Å². The Morgan fingerprint density at radius 2 is 1.85 bits per heavy atom. The van der Waals surface area contributed by atoms with E-state index in [9.17, 15) is 9.59 Å². The summed E-state index contributed by atoms with van der Waals surface area (Å²) in [6.45, 7) is 3.14. The van der Waals surface area contributed by atoms with Gasteiger partial charge in [0.15, 0.2) is 0 Å². The molecule has 1 fully saturated rings. The number of amides is 2. The van der Waals surface area contributed by atoms with Crippen molar-refractivity contribution in [2.24, 2.45) is 11.8 Å². The number of rotatable bonds is 7. The summed E-state index contributed by atoms with van der Waals surface area (Å²) in [6.07, 6.45) is 2.16. The molecule has 4 heteroatoms. The summed E-state index contributed by atoms with van der Waals surface area (Å²) in [7, 11) is 0. The Kier molecular flexibility index (Phi) is 5.16. The molecule has 0 heterocycles. The van der Waals surface area contributed by atoms with Gasteiger partial charge in [0, 0.05) is 25.4 Å². The Labute approximate surface area is 119 Å². The molecule has 1 aromatic rings. The third-order valence-electron chi connectivity index (χ3n) is 3.68. The Morgan fingerprint density at radius 1 is 1.15 bits per heavy atom. The summed E-state index contributed by atoms with van der Waals surface area (Å²) < 4.78 is 0. The van der Waals surface area contributed by atoms with E-state index in [1.807, 2.05) is 30.3 Å². The average molecular weight is 274 g/mol. The molecule has 4 nitrogen and oxygen atoms in total. The second-order valence-electron chi connectivity index (χ2n) is 5.45. The molecule has 2 amide bonds. The maximum absolute atomic E-state index is 11.6.